The van der Waals surface area contributed by atoms with Crippen LogP contribution in [0.4, 0.5) is 0 Å². The van der Waals surface area contributed by atoms with Crippen molar-refractivity contribution in [2.75, 3.05) is 0 Å². The van der Waals surface area contributed by atoms with Crippen molar-refractivity contribution in [2.45, 2.75) is 59.0 Å². The van der Waals surface area contributed by atoms with Gasteiger partial charge in [0, 0.05) is 0 Å². The van der Waals surface area contributed by atoms with Crippen LogP contribution in [0.1, 0.15) is 43.7 Å². The molecule has 0 saturated heterocycles. The summed E-state index contributed by atoms with van der Waals surface area (Å²) in [6, 6.07) is 43.0. The molecule has 0 spiro atoms. The summed E-state index contributed by atoms with van der Waals surface area (Å²) in [5.41, 5.74) is 7.95. The minimum absolute atomic E-state index is 0. The van der Waals surface area contributed by atoms with Gasteiger partial charge in [-0.3, -0.25) is 0 Å². The van der Waals surface area contributed by atoms with E-state index in [0.717, 1.165) is 0 Å². The second kappa shape index (κ2) is 14.8. The Hall–Kier alpha value is -2.81. The molecule has 0 aliphatic rings. The Morgan fingerprint density at radius 3 is 1.49 bits per heavy atom. The van der Waals surface area contributed by atoms with Gasteiger partial charge >= 0.3 is 25.8 Å². The summed E-state index contributed by atoms with van der Waals surface area (Å²) in [6.45, 7) is 9.31. The summed E-state index contributed by atoms with van der Waals surface area (Å²) < 4.78 is 0. The molecule has 218 valence electrons. The molecule has 0 nitrogen and oxygen atoms in total. The molecule has 43 heavy (non-hydrogen) atoms. The molecule has 6 aromatic rings. The molecule has 0 fully saturated rings. The van der Waals surface area contributed by atoms with Gasteiger partial charge in [-0.2, -0.15) is 12.1 Å². The molecular formula is C41H46HfSi. The number of benzene rings is 4. The van der Waals surface area contributed by atoms with Gasteiger partial charge in [0.25, 0.3) is 0 Å². The van der Waals surface area contributed by atoms with Crippen LogP contribution in [0.25, 0.3) is 43.8 Å². The average molecular weight is 745 g/mol. The number of hydrogen-bond acceptors (Lipinski definition) is 0. The molecule has 0 bridgehead atoms. The van der Waals surface area contributed by atoms with Gasteiger partial charge in [0.2, 0.25) is 0 Å². The largest absolute Gasteiger partial charge is 4.00 e. The number of unbranched alkanes of at least 4 members (excludes halogenated alkanes) is 3. The van der Waals surface area contributed by atoms with Gasteiger partial charge in [0.05, 0.1) is 8.07 Å². The van der Waals surface area contributed by atoms with E-state index in [-0.39, 0.29) is 40.7 Å². The fourth-order valence-corrected chi connectivity index (χ4v) is 10.3. The van der Waals surface area contributed by atoms with E-state index in [1.54, 1.807) is 10.4 Å². The van der Waals surface area contributed by atoms with E-state index in [2.05, 4.69) is 137 Å². The second-order valence-corrected chi connectivity index (χ2v) is 16.3. The number of rotatable bonds is 9. The molecule has 0 radical (unpaired) electrons. The molecule has 0 aliphatic heterocycles. The van der Waals surface area contributed by atoms with E-state index in [4.69, 9.17) is 0 Å². The molecule has 0 atom stereocenters. The minimum atomic E-state index is -1.99. The zero-order valence-electron chi connectivity index (χ0n) is 26.9. The molecule has 2 heteroatoms. The van der Waals surface area contributed by atoms with E-state index in [0.29, 0.717) is 0 Å². The first-order valence-corrected chi connectivity index (χ1v) is 17.7. The van der Waals surface area contributed by atoms with Gasteiger partial charge in [-0.25, -0.2) is 0 Å². The average Bonchev–Trinajstić information content (AvgIpc) is 3.61. The predicted molar refractivity (Wildman–Crippen MR) is 192 cm³/mol. The third-order valence-corrected chi connectivity index (χ3v) is 13.4. The Morgan fingerprint density at radius 2 is 1.05 bits per heavy atom. The number of fused-ring (bicyclic) bond motifs is 2. The summed E-state index contributed by atoms with van der Waals surface area (Å²) in [4.78, 5) is 0. The van der Waals surface area contributed by atoms with Crippen LogP contribution in [-0.2, 0) is 25.8 Å². The van der Waals surface area contributed by atoms with Crippen LogP contribution in [0, 0.1) is 28.7 Å². The second-order valence-electron chi connectivity index (χ2n) is 12.0. The zero-order valence-corrected chi connectivity index (χ0v) is 31.5. The Balaban J connectivity index is 0.00000169. The van der Waals surface area contributed by atoms with Gasteiger partial charge in [0.1, 0.15) is 0 Å². The SMILES string of the molecule is CCCCCC[Si](C)(c1cc2c(-c3cccc(C)c3)cccc2[cH-]1)c1cc2c(-c3cccc(C)c3)cccc2[cH-]1.[CH3-].[CH3-].[Hf+4]. The smallest absolute Gasteiger partial charge is 0.358 e. The van der Waals surface area contributed by atoms with Crippen LogP contribution in [0.3, 0.4) is 0 Å². The van der Waals surface area contributed by atoms with Crippen LogP contribution < -0.4 is 10.4 Å². The van der Waals surface area contributed by atoms with E-state index < -0.39 is 8.07 Å². The van der Waals surface area contributed by atoms with Crippen molar-refractivity contribution in [2.24, 2.45) is 0 Å². The summed E-state index contributed by atoms with van der Waals surface area (Å²) >= 11 is 0. The maximum absolute atomic E-state index is 2.63. The number of aryl methyl sites for hydroxylation is 2. The van der Waals surface area contributed by atoms with E-state index in [1.165, 1.54) is 86.7 Å². The van der Waals surface area contributed by atoms with Crippen molar-refractivity contribution in [3.63, 3.8) is 0 Å². The van der Waals surface area contributed by atoms with Crippen molar-refractivity contribution in [1.82, 2.24) is 0 Å². The van der Waals surface area contributed by atoms with Crippen LogP contribution in [0.5, 0.6) is 0 Å². The molecule has 0 saturated carbocycles. The monoisotopic (exact) mass is 746 g/mol. The first-order chi connectivity index (χ1) is 19.5. The molecule has 6 aromatic carbocycles. The molecule has 0 N–H and O–H groups in total. The third kappa shape index (κ3) is 6.97. The first kappa shape index (κ1) is 34.7. The van der Waals surface area contributed by atoms with Gasteiger partial charge in [0.15, 0.2) is 0 Å². The maximum atomic E-state index is 2.63. The van der Waals surface area contributed by atoms with Crippen molar-refractivity contribution < 1.29 is 25.8 Å². The van der Waals surface area contributed by atoms with Crippen LogP contribution in [0.2, 0.25) is 12.6 Å². The Labute approximate surface area is 280 Å². The molecule has 0 heterocycles. The Morgan fingerprint density at radius 1 is 0.581 bits per heavy atom. The molecule has 6 rings (SSSR count). The molecule has 0 aromatic heterocycles. The predicted octanol–water partition coefficient (Wildman–Crippen LogP) is 11.1. The molecule has 0 amide bonds. The van der Waals surface area contributed by atoms with Crippen LogP contribution in [-0.4, -0.2) is 8.07 Å². The zero-order chi connectivity index (χ0) is 27.7. The van der Waals surface area contributed by atoms with E-state index >= 15 is 0 Å². The Bertz CT molecular complexity index is 1660. The van der Waals surface area contributed by atoms with Crippen LogP contribution in [0.15, 0.2) is 109 Å². The van der Waals surface area contributed by atoms with Gasteiger partial charge in [-0.15, -0.1) is 68.3 Å². The standard InChI is InChI=1S/C39H40Si.2CH3.Hf/c1-5-6-7-8-21-40(4,34-24-32-17-11-19-36(38(32)26-34)30-15-9-13-28(2)22-30)35-25-33-18-12-20-37(39(33)27-35)31-16-10-14-29(3)23-31;;;/h9-20,22-27H,5-8,21H2,1-4H3;2*1H3;/q-2;2*-1;+4. The van der Waals surface area contributed by atoms with E-state index in [9.17, 15) is 0 Å². The van der Waals surface area contributed by atoms with Gasteiger partial charge < -0.3 is 14.9 Å². The summed E-state index contributed by atoms with van der Waals surface area (Å²) in [5, 5.41) is 8.69. The molecule has 0 unspecified atom stereocenters. The molecular weight excluding hydrogens is 699 g/mol. The summed E-state index contributed by atoms with van der Waals surface area (Å²) in [6.07, 6.45) is 5.22. The summed E-state index contributed by atoms with van der Waals surface area (Å²) in [7, 11) is -1.99. The quantitative estimate of drug-likeness (QED) is 0.0786. The Kier molecular flexibility index (Phi) is 11.9. The normalized spacial score (nSPS) is 11.2. The fourth-order valence-electron chi connectivity index (χ4n) is 6.60. The first-order valence-electron chi connectivity index (χ1n) is 15.0. The van der Waals surface area contributed by atoms with Crippen molar-refractivity contribution in [3.05, 3.63) is 135 Å². The maximum Gasteiger partial charge on any atom is 4.00 e. The fraction of sp³-hybridized carbons (Fsp3) is 0.220. The minimum Gasteiger partial charge on any atom is -0.358 e. The van der Waals surface area contributed by atoms with E-state index in [1.807, 2.05) is 0 Å². The number of hydrogen-bond donors (Lipinski definition) is 0. The third-order valence-electron chi connectivity index (χ3n) is 8.96. The van der Waals surface area contributed by atoms with Crippen LogP contribution >= 0.6 is 0 Å². The van der Waals surface area contributed by atoms with Gasteiger partial charge in [-0.1, -0.05) is 128 Å². The van der Waals surface area contributed by atoms with Gasteiger partial charge in [-0.05, 0) is 25.0 Å². The van der Waals surface area contributed by atoms with Crippen molar-refractivity contribution >= 4 is 40.0 Å². The van der Waals surface area contributed by atoms with Crippen molar-refractivity contribution in [1.29, 1.82) is 0 Å². The molecule has 0 aliphatic carbocycles. The topological polar surface area (TPSA) is 0 Å². The van der Waals surface area contributed by atoms with Crippen molar-refractivity contribution in [3.8, 4) is 22.3 Å². The summed E-state index contributed by atoms with van der Waals surface area (Å²) in [5.74, 6) is 0.